The molecule has 0 unspecified atom stereocenters. The van der Waals surface area contributed by atoms with Gasteiger partial charge < -0.3 is 9.72 Å². The summed E-state index contributed by atoms with van der Waals surface area (Å²) in [7, 11) is 1.19. The molecule has 5 heteroatoms. The third kappa shape index (κ3) is 1.48. The molecule has 1 aromatic rings. The summed E-state index contributed by atoms with van der Waals surface area (Å²) >= 11 is 0. The van der Waals surface area contributed by atoms with Gasteiger partial charge in [-0.1, -0.05) is 0 Å². The molecule has 0 aliphatic rings. The molecule has 0 aromatic carbocycles. The number of esters is 1. The molecule has 13 heavy (non-hydrogen) atoms. The third-order valence-corrected chi connectivity index (χ3v) is 1.54. The van der Waals surface area contributed by atoms with E-state index in [2.05, 4.69) is 9.72 Å². The lowest BCUT2D eigenvalue weighted by atomic mass is 10.2. The Bertz CT molecular complexity index is 353. The molecule has 5 nitrogen and oxygen atoms in total. The molecule has 0 aliphatic carbocycles. The number of carbonyl (C=O) groups excluding carboxylic acids is 3. The molecular formula is C8H6NO4. The highest BCUT2D eigenvalue weighted by Gasteiger charge is 2.17. The van der Waals surface area contributed by atoms with Crippen molar-refractivity contribution in [3.8, 4) is 0 Å². The van der Waals surface area contributed by atoms with Gasteiger partial charge in [0.2, 0.25) is 6.29 Å². The Kier molecular flexibility index (Phi) is 2.59. The molecule has 67 valence electrons. The van der Waals surface area contributed by atoms with E-state index in [-0.39, 0.29) is 16.8 Å². The molecule has 0 fully saturated rings. The van der Waals surface area contributed by atoms with Crippen LogP contribution in [0, 0.1) is 0 Å². The van der Waals surface area contributed by atoms with Crippen LogP contribution in [0.25, 0.3) is 0 Å². The summed E-state index contributed by atoms with van der Waals surface area (Å²) in [6.07, 6.45) is 3.17. The van der Waals surface area contributed by atoms with Crippen molar-refractivity contribution in [2.75, 3.05) is 7.11 Å². The van der Waals surface area contributed by atoms with E-state index >= 15 is 0 Å². The van der Waals surface area contributed by atoms with Gasteiger partial charge in [-0.3, -0.25) is 9.59 Å². The maximum Gasteiger partial charge on any atom is 0.340 e. The summed E-state index contributed by atoms with van der Waals surface area (Å²) in [5, 5.41) is 0. The number of aromatic amines is 1. The number of aldehydes is 1. The maximum absolute atomic E-state index is 11.0. The van der Waals surface area contributed by atoms with Crippen LogP contribution in [0.1, 0.15) is 26.4 Å². The molecule has 1 N–H and O–H groups in total. The van der Waals surface area contributed by atoms with Crippen LogP contribution in [0.3, 0.4) is 0 Å². The van der Waals surface area contributed by atoms with E-state index in [1.165, 1.54) is 19.6 Å². The van der Waals surface area contributed by atoms with E-state index in [1.807, 2.05) is 0 Å². The molecule has 0 spiro atoms. The number of rotatable bonds is 3. The zero-order chi connectivity index (χ0) is 9.84. The fourth-order valence-electron chi connectivity index (χ4n) is 0.913. The van der Waals surface area contributed by atoms with Crippen molar-refractivity contribution in [2.24, 2.45) is 0 Å². The summed E-state index contributed by atoms with van der Waals surface area (Å²) in [5.41, 5.74) is -0.0585. The van der Waals surface area contributed by atoms with Gasteiger partial charge in [-0.2, -0.15) is 0 Å². The first-order valence-electron chi connectivity index (χ1n) is 3.37. The lowest BCUT2D eigenvalue weighted by Crippen LogP contribution is -2.03. The normalized spacial score (nSPS) is 9.31. The lowest BCUT2D eigenvalue weighted by Gasteiger charge is -1.94. The van der Waals surface area contributed by atoms with Crippen LogP contribution in [0.2, 0.25) is 0 Å². The van der Waals surface area contributed by atoms with Crippen LogP contribution in [0.5, 0.6) is 0 Å². The molecular weight excluding hydrogens is 174 g/mol. The molecule has 0 amide bonds. The SMILES string of the molecule is COC(=O)c1c[nH]c(C=O)c1[C]=O. The van der Waals surface area contributed by atoms with Crippen LogP contribution < -0.4 is 0 Å². The van der Waals surface area contributed by atoms with Crippen LogP contribution in [0.4, 0.5) is 0 Å². The second-order valence-electron chi connectivity index (χ2n) is 2.20. The number of carbonyl (C=O) groups is 2. The van der Waals surface area contributed by atoms with Gasteiger partial charge in [0.25, 0.3) is 0 Å². The van der Waals surface area contributed by atoms with Crippen molar-refractivity contribution in [1.82, 2.24) is 4.98 Å². The van der Waals surface area contributed by atoms with Gasteiger partial charge in [0.15, 0.2) is 6.29 Å². The van der Waals surface area contributed by atoms with Gasteiger partial charge in [-0.05, 0) is 0 Å². The number of ether oxygens (including phenoxy) is 1. The van der Waals surface area contributed by atoms with E-state index in [0.29, 0.717) is 6.29 Å². The lowest BCUT2D eigenvalue weighted by molar-refractivity contribution is 0.0600. The number of methoxy groups -OCH3 is 1. The Hall–Kier alpha value is -1.91. The highest BCUT2D eigenvalue weighted by Crippen LogP contribution is 2.10. The smallest absolute Gasteiger partial charge is 0.340 e. The van der Waals surface area contributed by atoms with Crippen molar-refractivity contribution < 1.29 is 19.1 Å². The Labute approximate surface area is 73.7 Å². The van der Waals surface area contributed by atoms with Gasteiger partial charge in [-0.15, -0.1) is 0 Å². The summed E-state index contributed by atoms with van der Waals surface area (Å²) in [6, 6.07) is 0. The first-order valence-corrected chi connectivity index (χ1v) is 3.37. The highest BCUT2D eigenvalue weighted by molar-refractivity contribution is 6.02. The zero-order valence-corrected chi connectivity index (χ0v) is 6.79. The monoisotopic (exact) mass is 180 g/mol. The van der Waals surface area contributed by atoms with Crippen molar-refractivity contribution >= 4 is 18.5 Å². The number of aromatic nitrogens is 1. The third-order valence-electron chi connectivity index (χ3n) is 1.54. The van der Waals surface area contributed by atoms with Crippen molar-refractivity contribution in [3.63, 3.8) is 0 Å². The van der Waals surface area contributed by atoms with Crippen LogP contribution in [-0.2, 0) is 9.53 Å². The van der Waals surface area contributed by atoms with Gasteiger partial charge >= 0.3 is 5.97 Å². The maximum atomic E-state index is 11.0. The summed E-state index contributed by atoms with van der Waals surface area (Å²) in [5.74, 6) is -0.678. The number of nitrogens with one attached hydrogen (secondary N) is 1. The van der Waals surface area contributed by atoms with Crippen molar-refractivity contribution in [2.45, 2.75) is 0 Å². The molecule has 0 atom stereocenters. The molecule has 1 heterocycles. The second kappa shape index (κ2) is 3.66. The number of H-pyrrole nitrogens is 1. The molecule has 1 aromatic heterocycles. The fraction of sp³-hybridized carbons (Fsp3) is 0.125. The van der Waals surface area contributed by atoms with Gasteiger partial charge in [0.1, 0.15) is 0 Å². The summed E-state index contributed by atoms with van der Waals surface area (Å²) in [4.78, 5) is 34.2. The molecule has 0 saturated carbocycles. The minimum Gasteiger partial charge on any atom is -0.465 e. The van der Waals surface area contributed by atoms with Crippen molar-refractivity contribution in [1.29, 1.82) is 0 Å². The van der Waals surface area contributed by atoms with Gasteiger partial charge in [0, 0.05) is 6.20 Å². The molecule has 0 saturated heterocycles. The molecule has 0 aliphatic heterocycles. The summed E-state index contributed by atoms with van der Waals surface area (Å²) < 4.78 is 4.38. The molecule has 1 radical (unpaired) electrons. The highest BCUT2D eigenvalue weighted by atomic mass is 16.5. The second-order valence-corrected chi connectivity index (χ2v) is 2.20. The van der Waals surface area contributed by atoms with Crippen LogP contribution in [-0.4, -0.2) is 30.6 Å². The van der Waals surface area contributed by atoms with E-state index < -0.39 is 5.97 Å². The number of hydrogen-bond donors (Lipinski definition) is 1. The van der Waals surface area contributed by atoms with E-state index in [9.17, 15) is 14.4 Å². The average molecular weight is 180 g/mol. The fourth-order valence-corrected chi connectivity index (χ4v) is 0.913. The number of hydrogen-bond acceptors (Lipinski definition) is 4. The molecule has 0 bridgehead atoms. The first kappa shape index (κ1) is 9.18. The topological polar surface area (TPSA) is 76.2 Å². The first-order chi connectivity index (χ1) is 6.24. The predicted molar refractivity (Wildman–Crippen MR) is 42.3 cm³/mol. The largest absolute Gasteiger partial charge is 0.465 e. The standard InChI is InChI=1S/C8H6NO4/c1-13-8(12)5-2-9-7(4-11)6(5)3-10/h2,4,9H,1H3. The van der Waals surface area contributed by atoms with E-state index in [1.54, 1.807) is 0 Å². The minimum atomic E-state index is -0.678. The average Bonchev–Trinajstić information content (AvgIpc) is 2.58. The van der Waals surface area contributed by atoms with Gasteiger partial charge in [-0.25, -0.2) is 4.79 Å². The van der Waals surface area contributed by atoms with Crippen molar-refractivity contribution in [3.05, 3.63) is 23.0 Å². The Balaban J connectivity index is 3.22. The van der Waals surface area contributed by atoms with E-state index in [4.69, 9.17) is 0 Å². The summed E-state index contributed by atoms with van der Waals surface area (Å²) in [6.45, 7) is 0. The zero-order valence-electron chi connectivity index (χ0n) is 6.79. The van der Waals surface area contributed by atoms with E-state index in [0.717, 1.165) is 0 Å². The predicted octanol–water partition coefficient (Wildman–Crippen LogP) is 0.0716. The Morgan fingerprint density at radius 1 is 1.69 bits per heavy atom. The van der Waals surface area contributed by atoms with Gasteiger partial charge in [0.05, 0.1) is 23.9 Å². The van der Waals surface area contributed by atoms with Crippen LogP contribution in [0.15, 0.2) is 6.20 Å². The Morgan fingerprint density at radius 2 is 2.38 bits per heavy atom. The molecule has 1 rings (SSSR count). The quantitative estimate of drug-likeness (QED) is 0.527. The van der Waals surface area contributed by atoms with Crippen LogP contribution >= 0.6 is 0 Å². The minimum absolute atomic E-state index is 0.0135. The Morgan fingerprint density at radius 3 is 2.85 bits per heavy atom.